The van der Waals surface area contributed by atoms with E-state index in [2.05, 4.69) is 10.3 Å². The van der Waals surface area contributed by atoms with Crippen molar-refractivity contribution in [3.8, 4) is 11.3 Å². The van der Waals surface area contributed by atoms with Crippen LogP contribution in [0.4, 0.5) is 10.8 Å². The molecule has 0 saturated carbocycles. The largest absolute Gasteiger partial charge is 0.465 e. The van der Waals surface area contributed by atoms with Gasteiger partial charge in [0.1, 0.15) is 0 Å². The van der Waals surface area contributed by atoms with Gasteiger partial charge in [-0.3, -0.25) is 10.1 Å². The Balaban J connectivity index is 1.73. The van der Waals surface area contributed by atoms with Crippen LogP contribution in [0.3, 0.4) is 0 Å². The lowest BCUT2D eigenvalue weighted by Crippen LogP contribution is -2.14. The van der Waals surface area contributed by atoms with Gasteiger partial charge >= 0.3 is 5.97 Å². The van der Waals surface area contributed by atoms with Crippen LogP contribution in [0.25, 0.3) is 11.3 Å². The lowest BCUT2D eigenvalue weighted by molar-refractivity contribution is 0.0600. The van der Waals surface area contributed by atoms with Gasteiger partial charge in [0.2, 0.25) is 0 Å². The van der Waals surface area contributed by atoms with Crippen LogP contribution in [-0.2, 0) is 4.74 Å². The molecule has 0 bridgehead atoms. The summed E-state index contributed by atoms with van der Waals surface area (Å²) >= 11 is 1.35. The third kappa shape index (κ3) is 4.32. The number of aromatic nitrogens is 1. The van der Waals surface area contributed by atoms with E-state index in [1.165, 1.54) is 18.4 Å². The van der Waals surface area contributed by atoms with Crippen LogP contribution in [-0.4, -0.2) is 38.1 Å². The van der Waals surface area contributed by atoms with E-state index in [1.54, 1.807) is 30.3 Å². The van der Waals surface area contributed by atoms with Gasteiger partial charge in [-0.25, -0.2) is 9.78 Å². The van der Waals surface area contributed by atoms with Gasteiger partial charge in [-0.2, -0.15) is 0 Å². The molecule has 7 heteroatoms. The molecule has 0 aliphatic heterocycles. The number of benzene rings is 2. The maximum absolute atomic E-state index is 12.5. The van der Waals surface area contributed by atoms with Gasteiger partial charge in [-0.1, -0.05) is 18.2 Å². The Labute approximate surface area is 161 Å². The predicted octanol–water partition coefficient (Wildman–Crippen LogP) is 3.92. The molecule has 3 aromatic rings. The Kier molecular flexibility index (Phi) is 5.52. The molecule has 0 spiro atoms. The first-order chi connectivity index (χ1) is 13.0. The number of esters is 1. The summed E-state index contributed by atoms with van der Waals surface area (Å²) in [7, 11) is 5.20. The molecule has 3 rings (SSSR count). The Morgan fingerprint density at radius 3 is 2.48 bits per heavy atom. The Hall–Kier alpha value is -3.19. The molecule has 0 unspecified atom stereocenters. The third-order valence-corrected chi connectivity index (χ3v) is 4.71. The molecule has 1 amide bonds. The molecular formula is C20H19N3O3S. The summed E-state index contributed by atoms with van der Waals surface area (Å²) in [5.74, 6) is -0.589. The average molecular weight is 381 g/mol. The van der Waals surface area contributed by atoms with Gasteiger partial charge in [0.25, 0.3) is 5.91 Å². The molecule has 0 aliphatic carbocycles. The number of methoxy groups -OCH3 is 1. The van der Waals surface area contributed by atoms with Crippen molar-refractivity contribution >= 4 is 34.0 Å². The number of carbonyl (C=O) groups is 2. The molecule has 0 radical (unpaired) electrons. The van der Waals surface area contributed by atoms with E-state index in [1.807, 2.05) is 42.6 Å². The number of nitrogens with one attached hydrogen (secondary N) is 1. The van der Waals surface area contributed by atoms with Crippen LogP contribution in [0.5, 0.6) is 0 Å². The maximum atomic E-state index is 12.5. The van der Waals surface area contributed by atoms with E-state index in [0.29, 0.717) is 16.3 Å². The van der Waals surface area contributed by atoms with Gasteiger partial charge in [0, 0.05) is 36.3 Å². The predicted molar refractivity (Wildman–Crippen MR) is 108 cm³/mol. The minimum Gasteiger partial charge on any atom is -0.465 e. The fourth-order valence-electron chi connectivity index (χ4n) is 2.45. The number of carbonyl (C=O) groups excluding carboxylic acids is 2. The monoisotopic (exact) mass is 381 g/mol. The summed E-state index contributed by atoms with van der Waals surface area (Å²) in [4.78, 5) is 30.4. The third-order valence-electron chi connectivity index (χ3n) is 3.95. The van der Waals surface area contributed by atoms with Crippen molar-refractivity contribution in [2.45, 2.75) is 0 Å². The van der Waals surface area contributed by atoms with Gasteiger partial charge < -0.3 is 9.64 Å². The number of hydrogen-bond acceptors (Lipinski definition) is 6. The minimum absolute atomic E-state index is 0.208. The molecule has 2 aromatic carbocycles. The number of amides is 1. The minimum atomic E-state index is -0.382. The van der Waals surface area contributed by atoms with Gasteiger partial charge in [0.05, 0.1) is 18.4 Å². The van der Waals surface area contributed by atoms with Crippen molar-refractivity contribution in [1.82, 2.24) is 4.98 Å². The van der Waals surface area contributed by atoms with Crippen molar-refractivity contribution < 1.29 is 14.3 Å². The second kappa shape index (κ2) is 8.01. The highest BCUT2D eigenvalue weighted by molar-refractivity contribution is 7.14. The van der Waals surface area contributed by atoms with E-state index in [9.17, 15) is 9.59 Å². The zero-order valence-corrected chi connectivity index (χ0v) is 16.0. The van der Waals surface area contributed by atoms with Crippen molar-refractivity contribution in [3.05, 3.63) is 65.0 Å². The van der Waals surface area contributed by atoms with Crippen molar-refractivity contribution in [2.75, 3.05) is 31.4 Å². The highest BCUT2D eigenvalue weighted by Crippen LogP contribution is 2.26. The van der Waals surface area contributed by atoms with E-state index in [4.69, 9.17) is 4.74 Å². The Bertz CT molecular complexity index is 965. The lowest BCUT2D eigenvalue weighted by atomic mass is 10.1. The van der Waals surface area contributed by atoms with Crippen molar-refractivity contribution in [1.29, 1.82) is 0 Å². The first kappa shape index (κ1) is 18.6. The summed E-state index contributed by atoms with van der Waals surface area (Å²) in [5.41, 5.74) is 3.59. The number of anilines is 2. The fourth-order valence-corrected chi connectivity index (χ4v) is 3.17. The summed E-state index contributed by atoms with van der Waals surface area (Å²) < 4.78 is 4.69. The highest BCUT2D eigenvalue weighted by atomic mass is 32.1. The van der Waals surface area contributed by atoms with E-state index in [0.717, 1.165) is 16.9 Å². The summed E-state index contributed by atoms with van der Waals surface area (Å²) in [6.07, 6.45) is 0. The van der Waals surface area contributed by atoms with Gasteiger partial charge in [-0.15, -0.1) is 11.3 Å². The second-order valence-electron chi connectivity index (χ2n) is 6.01. The molecule has 1 aromatic heterocycles. The molecule has 138 valence electrons. The molecule has 0 fully saturated rings. The summed E-state index contributed by atoms with van der Waals surface area (Å²) in [5, 5.41) is 5.21. The van der Waals surface area contributed by atoms with Crippen molar-refractivity contribution in [2.24, 2.45) is 0 Å². The zero-order valence-electron chi connectivity index (χ0n) is 15.2. The van der Waals surface area contributed by atoms with Crippen LogP contribution in [0.15, 0.2) is 53.9 Å². The number of ether oxygens (including phenoxy) is 1. The number of thiazole rings is 1. The normalized spacial score (nSPS) is 10.3. The highest BCUT2D eigenvalue weighted by Gasteiger charge is 2.12. The maximum Gasteiger partial charge on any atom is 0.337 e. The number of nitrogens with zero attached hydrogens (tertiary/aromatic N) is 2. The fraction of sp³-hybridized carbons (Fsp3) is 0.150. The summed E-state index contributed by atoms with van der Waals surface area (Å²) in [6.45, 7) is 0. The topological polar surface area (TPSA) is 71.5 Å². The van der Waals surface area contributed by atoms with E-state index < -0.39 is 0 Å². The first-order valence-corrected chi connectivity index (χ1v) is 9.09. The molecule has 1 heterocycles. The number of hydrogen-bond donors (Lipinski definition) is 1. The molecule has 0 aliphatic rings. The van der Waals surface area contributed by atoms with Crippen LogP contribution < -0.4 is 10.2 Å². The van der Waals surface area contributed by atoms with Crippen molar-refractivity contribution in [3.63, 3.8) is 0 Å². The zero-order chi connectivity index (χ0) is 19.4. The SMILES string of the molecule is COC(=O)c1ccc(-c2csc(NC(=O)c3cccc(N(C)C)c3)n2)cc1. The molecule has 0 atom stereocenters. The average Bonchev–Trinajstić information content (AvgIpc) is 3.16. The van der Waals surface area contributed by atoms with Crippen LogP contribution in [0, 0.1) is 0 Å². The standard InChI is InChI=1S/C20H19N3O3S/c1-23(2)16-6-4-5-15(11-16)18(24)22-20-21-17(12-27-20)13-7-9-14(10-8-13)19(25)26-3/h4-12H,1-3H3,(H,21,22,24). The quantitative estimate of drug-likeness (QED) is 0.679. The smallest absolute Gasteiger partial charge is 0.337 e. The first-order valence-electron chi connectivity index (χ1n) is 8.21. The summed E-state index contributed by atoms with van der Waals surface area (Å²) in [6, 6.07) is 14.4. The second-order valence-corrected chi connectivity index (χ2v) is 6.86. The molecule has 6 nitrogen and oxygen atoms in total. The van der Waals surface area contributed by atoms with E-state index >= 15 is 0 Å². The molecule has 0 saturated heterocycles. The van der Waals surface area contributed by atoms with Crippen LogP contribution in [0.1, 0.15) is 20.7 Å². The molecular weight excluding hydrogens is 362 g/mol. The lowest BCUT2D eigenvalue weighted by Gasteiger charge is -2.13. The van der Waals surface area contributed by atoms with Gasteiger partial charge in [0.15, 0.2) is 5.13 Å². The van der Waals surface area contributed by atoms with E-state index in [-0.39, 0.29) is 11.9 Å². The molecule has 1 N–H and O–H groups in total. The Morgan fingerprint density at radius 1 is 1.07 bits per heavy atom. The Morgan fingerprint density at radius 2 is 1.81 bits per heavy atom. The molecule has 27 heavy (non-hydrogen) atoms. The van der Waals surface area contributed by atoms with Gasteiger partial charge in [-0.05, 0) is 30.3 Å². The van der Waals surface area contributed by atoms with Crippen LogP contribution >= 0.6 is 11.3 Å². The number of rotatable bonds is 5. The van der Waals surface area contributed by atoms with Crippen LogP contribution in [0.2, 0.25) is 0 Å².